The number of aromatic nitrogens is 2. The number of hydrogen-bond acceptors (Lipinski definition) is 9. The first-order valence-electron chi connectivity index (χ1n) is 12.9. The average molecular weight is 531 g/mol. The maximum absolute atomic E-state index is 14.5. The molecule has 1 amide bonds. The molecule has 200 valence electrons. The highest BCUT2D eigenvalue weighted by Gasteiger charge is 2.44. The molecule has 2 aromatic heterocycles. The van der Waals surface area contributed by atoms with Crippen molar-refractivity contribution >= 4 is 35.0 Å². The normalized spacial score (nSPS) is 22.4. The first-order valence-corrected chi connectivity index (χ1v) is 13.7. The summed E-state index contributed by atoms with van der Waals surface area (Å²) in [5.41, 5.74) is 1.01. The van der Waals surface area contributed by atoms with E-state index in [4.69, 9.17) is 9.84 Å². The molecule has 0 bridgehead atoms. The summed E-state index contributed by atoms with van der Waals surface area (Å²) < 4.78 is 23.1. The zero-order chi connectivity index (χ0) is 26.0. The lowest BCUT2D eigenvalue weighted by atomic mass is 9.93. The number of halogens is 1. The summed E-state index contributed by atoms with van der Waals surface area (Å²) in [5, 5.41) is 12.9. The minimum absolute atomic E-state index is 0.0427. The zero-order valence-electron chi connectivity index (χ0n) is 21.4. The molecule has 2 aliphatic heterocycles. The van der Waals surface area contributed by atoms with E-state index in [-0.39, 0.29) is 24.8 Å². The van der Waals surface area contributed by atoms with Crippen LogP contribution in [0.25, 0.3) is 0 Å². The quantitative estimate of drug-likeness (QED) is 0.331. The number of methoxy groups -OCH3 is 1. The lowest BCUT2D eigenvalue weighted by Gasteiger charge is -2.35. The number of alkyl halides is 1. The van der Waals surface area contributed by atoms with Gasteiger partial charge < -0.3 is 25.0 Å². The molecule has 4 heterocycles. The van der Waals surface area contributed by atoms with Crippen LogP contribution >= 0.6 is 11.9 Å². The minimum atomic E-state index is -1.30. The third-order valence-electron chi connectivity index (χ3n) is 7.63. The van der Waals surface area contributed by atoms with Crippen LogP contribution < -0.4 is 24.6 Å². The van der Waals surface area contributed by atoms with Crippen molar-refractivity contribution in [3.8, 4) is 5.75 Å². The van der Waals surface area contributed by atoms with E-state index in [1.807, 2.05) is 11.0 Å². The van der Waals surface area contributed by atoms with Crippen LogP contribution in [0.5, 0.6) is 5.75 Å². The summed E-state index contributed by atoms with van der Waals surface area (Å²) in [4.78, 5) is 26.6. The molecule has 1 aliphatic carbocycles. The number of rotatable bonds is 9. The fourth-order valence-corrected chi connectivity index (χ4v) is 5.77. The van der Waals surface area contributed by atoms with E-state index < -0.39 is 5.67 Å². The number of carbonyl (C=O) groups is 1. The smallest absolute Gasteiger partial charge is 0.274 e. The molecule has 9 nitrogen and oxygen atoms in total. The van der Waals surface area contributed by atoms with Gasteiger partial charge in [-0.3, -0.25) is 9.52 Å². The Morgan fingerprint density at radius 3 is 2.59 bits per heavy atom. The lowest BCUT2D eigenvalue weighted by molar-refractivity contribution is 0.102. The Hall–Kier alpha value is -2.63. The van der Waals surface area contributed by atoms with Crippen molar-refractivity contribution in [3.05, 3.63) is 30.1 Å². The number of amides is 1. The van der Waals surface area contributed by atoms with E-state index in [1.165, 1.54) is 24.8 Å². The molecule has 3 aliphatic rings. The Labute approximate surface area is 221 Å². The van der Waals surface area contributed by atoms with Crippen molar-refractivity contribution in [2.24, 2.45) is 5.41 Å². The van der Waals surface area contributed by atoms with Crippen LogP contribution in [0.2, 0.25) is 0 Å². The van der Waals surface area contributed by atoms with Crippen molar-refractivity contribution < 1.29 is 19.0 Å². The van der Waals surface area contributed by atoms with E-state index in [0.29, 0.717) is 42.2 Å². The number of anilines is 3. The second kappa shape index (κ2) is 10.6. The summed E-state index contributed by atoms with van der Waals surface area (Å²) in [6, 6.07) is 5.31. The minimum Gasteiger partial charge on any atom is -0.493 e. The highest BCUT2D eigenvalue weighted by atomic mass is 32.2. The molecule has 2 aromatic rings. The molecule has 0 radical (unpaired) electrons. The van der Waals surface area contributed by atoms with Crippen LogP contribution in [-0.4, -0.2) is 73.1 Å². The standard InChI is InChI=1S/C26H35FN6O3S/c1-25(27)7-11-33(17-25)23-21(36-2)4-3-18(30-23)24(35)31-19-16-28-22(37-29-10-14-34)15-20(19)32-12-8-26(5-6-26)9-13-32/h3-4,15-16,29,34H,5-14,17H2,1-2H3,(H,31,35). The van der Waals surface area contributed by atoms with Crippen LogP contribution in [0.3, 0.4) is 0 Å². The number of hydrogen-bond donors (Lipinski definition) is 3. The van der Waals surface area contributed by atoms with E-state index in [2.05, 4.69) is 24.9 Å². The number of piperidine rings is 1. The number of ether oxygens (including phenoxy) is 1. The Balaban J connectivity index is 1.37. The number of carbonyl (C=O) groups excluding carboxylic acids is 1. The van der Waals surface area contributed by atoms with Gasteiger partial charge in [-0.2, -0.15) is 0 Å². The molecule has 3 fully saturated rings. The van der Waals surface area contributed by atoms with Gasteiger partial charge in [-0.25, -0.2) is 14.4 Å². The second-order valence-corrected chi connectivity index (χ2v) is 11.4. The van der Waals surface area contributed by atoms with Gasteiger partial charge in [0.25, 0.3) is 5.91 Å². The van der Waals surface area contributed by atoms with Crippen LogP contribution in [-0.2, 0) is 0 Å². The van der Waals surface area contributed by atoms with Crippen molar-refractivity contribution in [1.82, 2.24) is 14.7 Å². The summed E-state index contributed by atoms with van der Waals surface area (Å²) >= 11 is 1.36. The molecule has 0 aromatic carbocycles. The van der Waals surface area contributed by atoms with Crippen molar-refractivity contribution in [3.63, 3.8) is 0 Å². The van der Waals surface area contributed by atoms with Crippen LogP contribution in [0.15, 0.2) is 29.4 Å². The first kappa shape index (κ1) is 26.0. The Morgan fingerprint density at radius 1 is 1.19 bits per heavy atom. The van der Waals surface area contributed by atoms with Crippen molar-refractivity contribution in [1.29, 1.82) is 0 Å². The van der Waals surface area contributed by atoms with Gasteiger partial charge in [0.1, 0.15) is 16.4 Å². The second-order valence-electron chi connectivity index (χ2n) is 10.5. The molecule has 37 heavy (non-hydrogen) atoms. The predicted octanol–water partition coefficient (Wildman–Crippen LogP) is 3.65. The van der Waals surface area contributed by atoms with Gasteiger partial charge in [-0.1, -0.05) is 0 Å². The summed E-state index contributed by atoms with van der Waals surface area (Å²) in [6.07, 6.45) is 7.02. The van der Waals surface area contributed by atoms with Crippen molar-refractivity contribution in [2.45, 2.75) is 49.7 Å². The fourth-order valence-electron chi connectivity index (χ4n) is 5.15. The highest BCUT2D eigenvalue weighted by molar-refractivity contribution is 7.97. The van der Waals surface area contributed by atoms with Crippen LogP contribution in [0.1, 0.15) is 49.5 Å². The van der Waals surface area contributed by atoms with Gasteiger partial charge in [-0.15, -0.1) is 0 Å². The molecule has 3 N–H and O–H groups in total. The molecule has 1 saturated carbocycles. The molecule has 1 unspecified atom stereocenters. The van der Waals surface area contributed by atoms with Gasteiger partial charge in [0.15, 0.2) is 11.6 Å². The van der Waals surface area contributed by atoms with Crippen molar-refractivity contribution in [2.75, 3.05) is 61.6 Å². The number of nitrogens with one attached hydrogen (secondary N) is 2. The molecule has 2 saturated heterocycles. The lowest BCUT2D eigenvalue weighted by Crippen LogP contribution is -2.35. The number of nitrogens with zero attached hydrogens (tertiary/aromatic N) is 4. The summed E-state index contributed by atoms with van der Waals surface area (Å²) in [7, 11) is 1.54. The molecule has 5 rings (SSSR count). The van der Waals surface area contributed by atoms with E-state index in [1.54, 1.807) is 32.4 Å². The predicted molar refractivity (Wildman–Crippen MR) is 143 cm³/mol. The largest absolute Gasteiger partial charge is 0.493 e. The van der Waals surface area contributed by atoms with Gasteiger partial charge >= 0.3 is 0 Å². The van der Waals surface area contributed by atoms with Crippen LogP contribution in [0.4, 0.5) is 21.6 Å². The fraction of sp³-hybridized carbons (Fsp3) is 0.577. The molecule has 11 heteroatoms. The average Bonchev–Trinajstić information content (AvgIpc) is 3.55. The summed E-state index contributed by atoms with van der Waals surface area (Å²) in [6.45, 7) is 4.66. The SMILES string of the molecule is COc1ccc(C(=O)Nc2cnc(SNCCO)cc2N2CCC3(CC2)CC3)nc1N1CCC(C)(F)C1. The maximum atomic E-state index is 14.5. The zero-order valence-corrected chi connectivity index (χ0v) is 22.2. The van der Waals surface area contributed by atoms with Gasteiger partial charge in [0.05, 0.1) is 37.8 Å². The monoisotopic (exact) mass is 530 g/mol. The van der Waals surface area contributed by atoms with Gasteiger partial charge in [-0.05, 0) is 68.2 Å². The Kier molecular flexibility index (Phi) is 7.46. The number of pyridine rings is 2. The highest BCUT2D eigenvalue weighted by Crippen LogP contribution is 2.54. The molecule has 1 atom stereocenters. The molecule has 1 spiro atoms. The topological polar surface area (TPSA) is 103 Å². The Bertz CT molecular complexity index is 1140. The third kappa shape index (κ3) is 5.94. The van der Waals surface area contributed by atoms with E-state index in [0.717, 1.165) is 36.6 Å². The van der Waals surface area contributed by atoms with Gasteiger partial charge in [0.2, 0.25) is 0 Å². The third-order valence-corrected chi connectivity index (χ3v) is 8.41. The molecular weight excluding hydrogens is 495 g/mol. The summed E-state index contributed by atoms with van der Waals surface area (Å²) in [5.74, 6) is 0.627. The number of aliphatic hydroxyl groups excluding tert-OH is 1. The van der Waals surface area contributed by atoms with Gasteiger partial charge in [0, 0.05) is 32.6 Å². The van der Waals surface area contributed by atoms with Crippen LogP contribution in [0, 0.1) is 5.41 Å². The number of aliphatic hydroxyl groups is 1. The first-order chi connectivity index (χ1) is 17.8. The molecular formula is C26H35FN6O3S. The maximum Gasteiger partial charge on any atom is 0.274 e. The Morgan fingerprint density at radius 2 is 1.95 bits per heavy atom. The van der Waals surface area contributed by atoms with E-state index >= 15 is 0 Å². The van der Waals surface area contributed by atoms with E-state index in [9.17, 15) is 9.18 Å².